The molecule has 110 valence electrons. The third-order valence-electron chi connectivity index (χ3n) is 2.91. The summed E-state index contributed by atoms with van der Waals surface area (Å²) in [7, 11) is -3.49. The van der Waals surface area contributed by atoms with E-state index in [4.69, 9.17) is 22.7 Å². The Morgan fingerprint density at radius 1 is 1.35 bits per heavy atom. The Morgan fingerprint density at radius 3 is 2.65 bits per heavy atom. The van der Waals surface area contributed by atoms with Gasteiger partial charge < -0.3 is 10.5 Å². The van der Waals surface area contributed by atoms with Gasteiger partial charge in [0.15, 0.2) is 0 Å². The molecule has 0 bridgehead atoms. The second-order valence-corrected chi connectivity index (χ2v) is 6.61. The molecule has 0 aliphatic carbocycles. The summed E-state index contributed by atoms with van der Waals surface area (Å²) < 4.78 is 29.5. The van der Waals surface area contributed by atoms with E-state index in [1.54, 1.807) is 29.3 Å². The van der Waals surface area contributed by atoms with E-state index in [-0.39, 0.29) is 10.7 Å². The van der Waals surface area contributed by atoms with Crippen LogP contribution in [-0.4, -0.2) is 44.7 Å². The fraction of sp³-hybridized carbons (Fsp3) is 0.417. The number of nitrogens with zero attached hydrogens (tertiary/aromatic N) is 1. The number of rotatable bonds is 5. The van der Waals surface area contributed by atoms with Gasteiger partial charge in [0, 0.05) is 18.7 Å². The Morgan fingerprint density at radius 2 is 2.00 bits per heavy atom. The first-order valence-electron chi connectivity index (χ1n) is 6.18. The number of thiocarbonyl (C=S) groups is 1. The largest absolute Gasteiger partial charge is 0.389 e. The van der Waals surface area contributed by atoms with Gasteiger partial charge in [-0.1, -0.05) is 36.5 Å². The smallest absolute Gasteiger partial charge is 0.228 e. The van der Waals surface area contributed by atoms with Gasteiger partial charge in [0.05, 0.1) is 19.0 Å². The molecular formula is C12H17N3O3S2. The van der Waals surface area contributed by atoms with Crippen molar-refractivity contribution in [3.05, 3.63) is 35.4 Å². The van der Waals surface area contributed by atoms with Crippen molar-refractivity contribution in [2.75, 3.05) is 26.3 Å². The van der Waals surface area contributed by atoms with Crippen molar-refractivity contribution in [1.29, 1.82) is 0 Å². The zero-order valence-electron chi connectivity index (χ0n) is 10.9. The number of hydrogen-bond acceptors (Lipinski definition) is 5. The van der Waals surface area contributed by atoms with Crippen LogP contribution in [0.15, 0.2) is 24.3 Å². The molecule has 0 saturated carbocycles. The van der Waals surface area contributed by atoms with Gasteiger partial charge >= 0.3 is 0 Å². The highest BCUT2D eigenvalue weighted by atomic mass is 32.2. The molecule has 1 aromatic carbocycles. The maximum absolute atomic E-state index is 12.2. The topological polar surface area (TPSA) is 84.7 Å². The van der Waals surface area contributed by atoms with Crippen molar-refractivity contribution in [3.8, 4) is 0 Å². The lowest BCUT2D eigenvalue weighted by atomic mass is 10.1. The summed E-state index contributed by atoms with van der Waals surface area (Å²) in [5.41, 5.74) is 6.80. The molecule has 0 amide bonds. The number of nitrogens with two attached hydrogens (primary N) is 1. The van der Waals surface area contributed by atoms with Gasteiger partial charge in [0.25, 0.3) is 0 Å². The van der Waals surface area contributed by atoms with Crippen molar-refractivity contribution in [3.63, 3.8) is 0 Å². The predicted molar refractivity (Wildman–Crippen MR) is 80.5 cm³/mol. The molecule has 1 aliphatic rings. The van der Waals surface area contributed by atoms with Crippen LogP contribution >= 0.6 is 12.2 Å². The number of benzene rings is 1. The van der Waals surface area contributed by atoms with Crippen molar-refractivity contribution in [2.24, 2.45) is 5.73 Å². The normalized spacial score (nSPS) is 17.0. The van der Waals surface area contributed by atoms with Crippen molar-refractivity contribution in [2.45, 2.75) is 5.75 Å². The third-order valence-corrected chi connectivity index (χ3v) is 4.35. The summed E-state index contributed by atoms with van der Waals surface area (Å²) in [5.74, 6) is -0.155. The lowest BCUT2D eigenvalue weighted by Crippen LogP contribution is -2.48. The quantitative estimate of drug-likeness (QED) is 0.743. The lowest BCUT2D eigenvalue weighted by Gasteiger charge is -2.26. The Hall–Kier alpha value is -1.06. The molecule has 1 fully saturated rings. The number of ether oxygens (including phenoxy) is 1. The fourth-order valence-electron chi connectivity index (χ4n) is 1.97. The Balaban J connectivity index is 2.10. The van der Waals surface area contributed by atoms with Crippen LogP contribution in [0.1, 0.15) is 11.1 Å². The first-order chi connectivity index (χ1) is 9.48. The average Bonchev–Trinajstić information content (AvgIpc) is 2.39. The minimum atomic E-state index is -3.49. The van der Waals surface area contributed by atoms with Crippen molar-refractivity contribution in [1.82, 2.24) is 9.84 Å². The van der Waals surface area contributed by atoms with Crippen molar-refractivity contribution < 1.29 is 13.2 Å². The van der Waals surface area contributed by atoms with E-state index in [9.17, 15) is 8.42 Å². The molecule has 1 aromatic rings. The molecule has 0 spiro atoms. The minimum Gasteiger partial charge on any atom is -0.389 e. The highest BCUT2D eigenvalue weighted by Gasteiger charge is 2.20. The molecule has 8 heteroatoms. The molecule has 1 saturated heterocycles. The predicted octanol–water partition coefficient (Wildman–Crippen LogP) is -0.0126. The minimum absolute atomic E-state index is 0.155. The van der Waals surface area contributed by atoms with E-state index in [1.807, 2.05) is 0 Å². The van der Waals surface area contributed by atoms with Crippen LogP contribution in [0.5, 0.6) is 0 Å². The Kier molecular flexibility index (Phi) is 5.06. The van der Waals surface area contributed by atoms with E-state index in [0.717, 1.165) is 0 Å². The molecule has 20 heavy (non-hydrogen) atoms. The molecule has 0 atom stereocenters. The molecule has 1 aliphatic heterocycles. The van der Waals surface area contributed by atoms with E-state index in [1.165, 1.54) is 0 Å². The van der Waals surface area contributed by atoms with Gasteiger partial charge in [-0.15, -0.1) is 4.83 Å². The van der Waals surface area contributed by atoms with Crippen LogP contribution in [0.3, 0.4) is 0 Å². The van der Waals surface area contributed by atoms with Crippen LogP contribution in [0, 0.1) is 0 Å². The monoisotopic (exact) mass is 315 g/mol. The Bertz CT molecular complexity index is 583. The summed E-state index contributed by atoms with van der Waals surface area (Å²) >= 11 is 4.94. The molecule has 0 radical (unpaired) electrons. The van der Waals surface area contributed by atoms with Crippen LogP contribution in [-0.2, 0) is 20.5 Å². The maximum Gasteiger partial charge on any atom is 0.228 e. The van der Waals surface area contributed by atoms with E-state index in [0.29, 0.717) is 37.4 Å². The van der Waals surface area contributed by atoms with Crippen LogP contribution in [0.25, 0.3) is 0 Å². The van der Waals surface area contributed by atoms with Gasteiger partial charge in [-0.2, -0.15) is 0 Å². The summed E-state index contributed by atoms with van der Waals surface area (Å²) in [6.45, 7) is 2.12. The molecule has 2 rings (SSSR count). The van der Waals surface area contributed by atoms with Crippen LogP contribution in [0.4, 0.5) is 0 Å². The fourth-order valence-corrected chi connectivity index (χ4v) is 3.48. The third kappa shape index (κ3) is 4.22. The molecule has 3 N–H and O–H groups in total. The Labute approximate surface area is 123 Å². The lowest BCUT2D eigenvalue weighted by molar-refractivity contribution is 0.0272. The van der Waals surface area contributed by atoms with Crippen LogP contribution < -0.4 is 10.6 Å². The van der Waals surface area contributed by atoms with Gasteiger partial charge in [0.1, 0.15) is 4.99 Å². The molecule has 6 nitrogen and oxygen atoms in total. The zero-order valence-corrected chi connectivity index (χ0v) is 12.5. The summed E-state index contributed by atoms with van der Waals surface area (Å²) in [5, 5.41) is 1.64. The van der Waals surface area contributed by atoms with E-state index in [2.05, 4.69) is 4.83 Å². The van der Waals surface area contributed by atoms with E-state index < -0.39 is 10.0 Å². The second kappa shape index (κ2) is 6.59. The van der Waals surface area contributed by atoms with Gasteiger partial charge in [-0.05, 0) is 5.56 Å². The zero-order chi connectivity index (χ0) is 14.6. The van der Waals surface area contributed by atoms with E-state index >= 15 is 0 Å². The van der Waals surface area contributed by atoms with Gasteiger partial charge in [-0.25, -0.2) is 13.4 Å². The number of hydrogen-bond donors (Lipinski definition) is 2. The second-order valence-electron chi connectivity index (χ2n) is 4.47. The summed E-state index contributed by atoms with van der Waals surface area (Å²) in [6.07, 6.45) is 0. The van der Waals surface area contributed by atoms with Crippen molar-refractivity contribution >= 4 is 27.2 Å². The number of morpholine rings is 1. The molecular weight excluding hydrogens is 298 g/mol. The van der Waals surface area contributed by atoms with Gasteiger partial charge in [0.2, 0.25) is 10.0 Å². The van der Waals surface area contributed by atoms with Gasteiger partial charge in [-0.3, -0.25) is 0 Å². The summed E-state index contributed by atoms with van der Waals surface area (Å²) in [4.78, 5) is 2.75. The summed E-state index contributed by atoms with van der Waals surface area (Å²) in [6, 6.07) is 6.98. The standard InChI is InChI=1S/C12H17N3O3S2/c13-12(19)11-4-2-1-3-10(11)9-20(16,17)14-15-5-7-18-8-6-15/h1-4,14H,5-9H2,(H2,13,19). The molecule has 0 aromatic heterocycles. The number of hydrazine groups is 1. The average molecular weight is 315 g/mol. The number of sulfonamides is 1. The highest BCUT2D eigenvalue weighted by molar-refractivity contribution is 7.88. The molecule has 1 heterocycles. The van der Waals surface area contributed by atoms with Crippen LogP contribution in [0.2, 0.25) is 0 Å². The maximum atomic E-state index is 12.2. The highest BCUT2D eigenvalue weighted by Crippen LogP contribution is 2.12. The molecule has 0 unspecified atom stereocenters. The number of nitrogens with one attached hydrogen (secondary N) is 1. The first-order valence-corrected chi connectivity index (χ1v) is 8.24. The SMILES string of the molecule is NC(=S)c1ccccc1CS(=O)(=O)NN1CCOCC1. The first kappa shape index (κ1) is 15.3.